The summed E-state index contributed by atoms with van der Waals surface area (Å²) in [5.74, 6) is 1.01. The highest BCUT2D eigenvalue weighted by atomic mass is 16.5. The van der Waals surface area contributed by atoms with Crippen LogP contribution in [0.3, 0.4) is 0 Å². The van der Waals surface area contributed by atoms with Gasteiger partial charge in [-0.05, 0) is 129 Å². The molecule has 0 aliphatic carbocycles. The second-order valence-electron chi connectivity index (χ2n) is 20.8. The number of unbranched alkanes of at least 4 members (excludes halogenated alkanes) is 5. The number of nitrogens with one attached hydrogen (secondary N) is 3. The van der Waals surface area contributed by atoms with Crippen molar-refractivity contribution in [1.82, 2.24) is 25.8 Å². The first kappa shape index (κ1) is 61.9. The Balaban J connectivity index is 0.841. The van der Waals surface area contributed by atoms with Crippen LogP contribution in [0, 0.1) is 0 Å². The van der Waals surface area contributed by atoms with Gasteiger partial charge < -0.3 is 68.8 Å². The van der Waals surface area contributed by atoms with E-state index in [1.165, 1.54) is 26.2 Å². The van der Waals surface area contributed by atoms with Crippen LogP contribution in [0.25, 0.3) is 0 Å². The van der Waals surface area contributed by atoms with Crippen LogP contribution in [-0.4, -0.2) is 137 Å². The average Bonchev–Trinajstić information content (AvgIpc) is 3.66. The maximum absolute atomic E-state index is 14.7. The molecule has 0 aromatic heterocycles. The molecule has 5 atom stereocenters. The van der Waals surface area contributed by atoms with Crippen molar-refractivity contribution in [1.29, 1.82) is 0 Å². The number of hydrogen-bond donors (Lipinski definition) is 4. The summed E-state index contributed by atoms with van der Waals surface area (Å²) >= 11 is 0. The molecule has 4 aromatic carbocycles. The van der Waals surface area contributed by atoms with Crippen LogP contribution in [0.15, 0.2) is 72.8 Å². The predicted octanol–water partition coefficient (Wildman–Crippen LogP) is 7.50. The zero-order chi connectivity index (χ0) is 58.5. The van der Waals surface area contributed by atoms with E-state index in [1.54, 1.807) is 61.6 Å². The van der Waals surface area contributed by atoms with Gasteiger partial charge in [0.15, 0.2) is 36.2 Å². The van der Waals surface area contributed by atoms with Crippen molar-refractivity contribution in [3.05, 3.63) is 101 Å². The fourth-order valence-corrected chi connectivity index (χ4v) is 10.9. The third kappa shape index (κ3) is 16.3. The molecular weight excluding hydrogens is 1050 g/mol. The van der Waals surface area contributed by atoms with E-state index < -0.39 is 42.2 Å². The molecule has 3 aliphatic rings. The number of esters is 1. The second-order valence-corrected chi connectivity index (χ2v) is 20.8. The zero-order valence-corrected chi connectivity index (χ0v) is 48.2. The summed E-state index contributed by atoms with van der Waals surface area (Å²) in [6, 6.07) is 20.1. The van der Waals surface area contributed by atoms with E-state index in [0.717, 1.165) is 68.9 Å². The van der Waals surface area contributed by atoms with Crippen molar-refractivity contribution in [3.63, 3.8) is 0 Å². The number of aliphatic hydroxyl groups excluding tert-OH is 1. The van der Waals surface area contributed by atoms with Crippen molar-refractivity contribution < 1.29 is 71.8 Å². The van der Waals surface area contributed by atoms with Crippen molar-refractivity contribution in [2.45, 2.75) is 140 Å². The Hall–Kier alpha value is -7.74. The van der Waals surface area contributed by atoms with Gasteiger partial charge in [-0.2, -0.15) is 0 Å². The zero-order valence-electron chi connectivity index (χ0n) is 48.2. The number of likely N-dealkylation sites (tertiary alicyclic amines) is 1. The molecule has 20 nitrogen and oxygen atoms in total. The lowest BCUT2D eigenvalue weighted by Gasteiger charge is -2.37. The number of aryl methyl sites for hydroxylation is 1. The lowest BCUT2D eigenvalue weighted by atomic mass is 9.90. The SMILES string of the molecule is CCC[C@H](C(=O)N1CCCC[C@H]1C(=O)O[C@H](CCc1ccc(OC)c(OC)c1)c1ccc(OCC(=O)NCCCCCCCCNC(=O)COc2cccc3c2CN(C2CCC(O)NC2=O)C3=O)cc1)c1cc(OC)c(OC)c(OC)c1. The number of nitrogens with zero attached hydrogens (tertiary/aromatic N) is 2. The summed E-state index contributed by atoms with van der Waals surface area (Å²) in [5.41, 5.74) is 3.46. The van der Waals surface area contributed by atoms with E-state index in [9.17, 15) is 33.9 Å². The van der Waals surface area contributed by atoms with Gasteiger partial charge in [0.05, 0.1) is 48.0 Å². The molecule has 4 N–H and O–H groups in total. The number of methoxy groups -OCH3 is 5. The van der Waals surface area contributed by atoms with Crippen LogP contribution in [0.4, 0.5) is 0 Å². The molecule has 2 saturated heterocycles. The smallest absolute Gasteiger partial charge is 0.329 e. The number of benzene rings is 4. The van der Waals surface area contributed by atoms with Crippen LogP contribution in [0.5, 0.6) is 40.2 Å². The van der Waals surface area contributed by atoms with Gasteiger partial charge in [0.1, 0.15) is 35.9 Å². The molecular formula is C62H81N5O15. The number of rotatable bonds is 31. The van der Waals surface area contributed by atoms with E-state index in [-0.39, 0.29) is 43.4 Å². The second kappa shape index (κ2) is 30.9. The third-order valence-corrected chi connectivity index (χ3v) is 15.3. The number of amides is 5. The molecule has 0 spiro atoms. The summed E-state index contributed by atoms with van der Waals surface area (Å²) in [5, 5.41) is 18.1. The molecule has 3 heterocycles. The highest BCUT2D eigenvalue weighted by Gasteiger charge is 2.41. The fourth-order valence-electron chi connectivity index (χ4n) is 10.9. The molecule has 7 rings (SSSR count). The lowest BCUT2D eigenvalue weighted by Crippen LogP contribution is -2.54. The van der Waals surface area contributed by atoms with Gasteiger partial charge in [-0.25, -0.2) is 4.79 Å². The highest BCUT2D eigenvalue weighted by Crippen LogP contribution is 2.42. The summed E-state index contributed by atoms with van der Waals surface area (Å²) in [7, 11) is 7.77. The first-order valence-electron chi connectivity index (χ1n) is 28.6. The first-order valence-corrected chi connectivity index (χ1v) is 28.6. The van der Waals surface area contributed by atoms with Gasteiger partial charge >= 0.3 is 5.97 Å². The Morgan fingerprint density at radius 3 is 1.98 bits per heavy atom. The maximum Gasteiger partial charge on any atom is 0.329 e. The minimum Gasteiger partial charge on any atom is -0.493 e. The van der Waals surface area contributed by atoms with Crippen LogP contribution in [0.1, 0.15) is 141 Å². The molecule has 2 fully saturated rings. The Labute approximate surface area is 480 Å². The topological polar surface area (TPSA) is 239 Å². The molecule has 5 amide bonds. The quantitative estimate of drug-likeness (QED) is 0.0282. The third-order valence-electron chi connectivity index (χ3n) is 15.3. The lowest BCUT2D eigenvalue weighted by molar-refractivity contribution is -0.162. The van der Waals surface area contributed by atoms with E-state index in [2.05, 4.69) is 16.0 Å². The first-order chi connectivity index (χ1) is 39.8. The Kier molecular flexibility index (Phi) is 23.3. The van der Waals surface area contributed by atoms with E-state index in [0.29, 0.717) is 115 Å². The summed E-state index contributed by atoms with van der Waals surface area (Å²) in [6.45, 7) is 3.24. The minimum absolute atomic E-state index is 0.164. The molecule has 82 heavy (non-hydrogen) atoms. The Morgan fingerprint density at radius 2 is 1.34 bits per heavy atom. The monoisotopic (exact) mass is 1140 g/mol. The highest BCUT2D eigenvalue weighted by molar-refractivity contribution is 6.02. The van der Waals surface area contributed by atoms with Gasteiger partial charge in [0, 0.05) is 30.8 Å². The fraction of sp³-hybridized carbons (Fsp3) is 0.516. The van der Waals surface area contributed by atoms with Gasteiger partial charge in [0.25, 0.3) is 17.7 Å². The van der Waals surface area contributed by atoms with Gasteiger partial charge in [0.2, 0.25) is 17.6 Å². The molecule has 0 bridgehead atoms. The summed E-state index contributed by atoms with van der Waals surface area (Å²) < 4.78 is 46.0. The van der Waals surface area contributed by atoms with Crippen LogP contribution >= 0.6 is 0 Å². The van der Waals surface area contributed by atoms with Crippen LogP contribution < -0.4 is 49.1 Å². The number of ether oxygens (including phenoxy) is 8. The van der Waals surface area contributed by atoms with Crippen molar-refractivity contribution in [2.75, 3.05) is 68.4 Å². The molecule has 3 aliphatic heterocycles. The molecule has 0 saturated carbocycles. The standard InChI is InChI=1S/C62H81N5O15/c1-7-17-44(42-35-53(77-4)58(79-6)54(36-42)78-5)60(72)66-33-15-12-19-48(66)62(74)82-49(28-21-40-22-29-51(75-2)52(34-40)76-3)41-23-25-43(26-24-41)80-38-56(69)63-31-13-10-8-9-11-14-32-64-57(70)39-81-50-20-16-18-45-46(50)37-67(61(45)73)47-27-30-55(68)65-59(47)71/h16,18,20,22-26,29,34-36,44,47-49,55,68H,7-15,17,19,21,27-28,30-33,37-39H2,1-6H3,(H,63,69)(H,64,70)(H,65,71)/t44-,47?,48-,49+,55?/m0/s1. The van der Waals surface area contributed by atoms with Gasteiger partial charge in [-0.3, -0.25) is 24.0 Å². The predicted molar refractivity (Wildman–Crippen MR) is 304 cm³/mol. The molecule has 2 unspecified atom stereocenters. The van der Waals surface area contributed by atoms with Crippen LogP contribution in [0.2, 0.25) is 0 Å². The maximum atomic E-state index is 14.7. The number of carbonyl (C=O) groups excluding carboxylic acids is 6. The largest absolute Gasteiger partial charge is 0.493 e. The van der Waals surface area contributed by atoms with Gasteiger partial charge in [-0.15, -0.1) is 0 Å². The summed E-state index contributed by atoms with van der Waals surface area (Å²) in [4.78, 5) is 83.3. The summed E-state index contributed by atoms with van der Waals surface area (Å²) in [6.07, 6.45) is 8.72. The molecule has 20 heteroatoms. The number of carbonyl (C=O) groups is 6. The molecule has 444 valence electrons. The van der Waals surface area contributed by atoms with Crippen molar-refractivity contribution in [3.8, 4) is 40.2 Å². The number of hydrogen-bond acceptors (Lipinski definition) is 15. The Morgan fingerprint density at radius 1 is 0.683 bits per heavy atom. The number of fused-ring (bicyclic) bond motifs is 1. The Bertz CT molecular complexity index is 2780. The number of piperidine rings is 2. The average molecular weight is 1140 g/mol. The van der Waals surface area contributed by atoms with Crippen LogP contribution in [-0.2, 0) is 41.7 Å². The van der Waals surface area contributed by atoms with Crippen molar-refractivity contribution in [2.24, 2.45) is 0 Å². The van der Waals surface area contributed by atoms with Crippen molar-refractivity contribution >= 4 is 35.5 Å². The molecule has 0 radical (unpaired) electrons. The number of aliphatic hydroxyl groups is 1. The van der Waals surface area contributed by atoms with E-state index in [1.807, 2.05) is 37.3 Å². The minimum atomic E-state index is -0.915. The van der Waals surface area contributed by atoms with Gasteiger partial charge in [-0.1, -0.05) is 63.3 Å². The van der Waals surface area contributed by atoms with E-state index in [4.69, 9.17) is 37.9 Å². The molecule has 4 aromatic rings. The van der Waals surface area contributed by atoms with E-state index >= 15 is 0 Å². The normalized spacial score (nSPS) is 17.4.